The molecule has 0 aliphatic carbocycles. The molecule has 2 rings (SSSR count). The van der Waals surface area contributed by atoms with E-state index in [-0.39, 0.29) is 30.1 Å². The molecule has 0 bridgehead atoms. The van der Waals surface area contributed by atoms with Gasteiger partial charge in [0.1, 0.15) is 11.9 Å². The van der Waals surface area contributed by atoms with Crippen molar-refractivity contribution >= 4 is 41.5 Å². The maximum Gasteiger partial charge on any atom is 0.188 e. The molecule has 1 aromatic rings. The van der Waals surface area contributed by atoms with E-state index in [1.165, 1.54) is 0 Å². The summed E-state index contributed by atoms with van der Waals surface area (Å²) in [4.78, 5) is 6.79. The molecule has 1 atom stereocenters. The molecule has 0 amide bonds. The van der Waals surface area contributed by atoms with E-state index in [4.69, 9.17) is 26.8 Å². The number of halogens is 2. The topological polar surface area (TPSA) is 72.1 Å². The molecular weight excluding hydrogens is 467 g/mol. The predicted molar refractivity (Wildman–Crippen MR) is 118 cm³/mol. The van der Waals surface area contributed by atoms with E-state index < -0.39 is 0 Å². The second-order valence-electron chi connectivity index (χ2n) is 6.04. The summed E-state index contributed by atoms with van der Waals surface area (Å²) in [7, 11) is 0. The third-order valence-electron chi connectivity index (χ3n) is 4.11. The first-order chi connectivity index (χ1) is 12.2. The van der Waals surface area contributed by atoms with Crippen molar-refractivity contribution < 1.29 is 9.47 Å². The highest BCUT2D eigenvalue weighted by Gasteiger charge is 2.11. The van der Waals surface area contributed by atoms with Gasteiger partial charge < -0.3 is 20.5 Å². The first-order valence-corrected chi connectivity index (χ1v) is 9.32. The van der Waals surface area contributed by atoms with Gasteiger partial charge in [0.2, 0.25) is 0 Å². The van der Waals surface area contributed by atoms with E-state index in [1.54, 1.807) is 0 Å². The molecule has 1 unspecified atom stereocenters. The first-order valence-electron chi connectivity index (χ1n) is 8.94. The highest BCUT2D eigenvalue weighted by molar-refractivity contribution is 14.0. The van der Waals surface area contributed by atoms with Crippen LogP contribution in [0.25, 0.3) is 0 Å². The second kappa shape index (κ2) is 13.4. The van der Waals surface area contributed by atoms with Crippen LogP contribution < -0.4 is 15.8 Å². The number of nitrogens with one attached hydrogen (secondary N) is 1. The van der Waals surface area contributed by atoms with Crippen LogP contribution in [0.15, 0.2) is 29.3 Å². The van der Waals surface area contributed by atoms with Gasteiger partial charge in [-0.05, 0) is 31.5 Å². The lowest BCUT2D eigenvalue weighted by atomic mass is 10.2. The van der Waals surface area contributed by atoms with Crippen molar-refractivity contribution in [1.82, 2.24) is 10.2 Å². The number of rotatable bonds is 9. The van der Waals surface area contributed by atoms with Gasteiger partial charge in [-0.2, -0.15) is 0 Å². The number of nitrogens with two attached hydrogens (primary N) is 1. The molecule has 8 heteroatoms. The fraction of sp³-hybridized carbons (Fsp3) is 0.611. The third kappa shape index (κ3) is 8.75. The minimum absolute atomic E-state index is 0. The third-order valence-corrected chi connectivity index (χ3v) is 4.42. The Labute approximate surface area is 178 Å². The minimum atomic E-state index is -0.0476. The summed E-state index contributed by atoms with van der Waals surface area (Å²) in [5.41, 5.74) is 5.94. The van der Waals surface area contributed by atoms with Gasteiger partial charge in [-0.1, -0.05) is 30.7 Å². The van der Waals surface area contributed by atoms with Gasteiger partial charge in [-0.25, -0.2) is 4.99 Å². The van der Waals surface area contributed by atoms with Crippen molar-refractivity contribution in [2.45, 2.75) is 25.9 Å². The number of guanidine groups is 1. The number of benzene rings is 1. The maximum atomic E-state index is 6.13. The summed E-state index contributed by atoms with van der Waals surface area (Å²) < 4.78 is 11.3. The number of aliphatic imine (C=N–C) groups is 1. The highest BCUT2D eigenvalue weighted by Crippen LogP contribution is 2.24. The number of para-hydroxylation sites is 1. The summed E-state index contributed by atoms with van der Waals surface area (Å²) in [6, 6.07) is 7.47. The van der Waals surface area contributed by atoms with Crippen LogP contribution in [-0.2, 0) is 4.74 Å². The van der Waals surface area contributed by atoms with Crippen molar-refractivity contribution in [1.29, 1.82) is 0 Å². The molecule has 0 aromatic heterocycles. The summed E-state index contributed by atoms with van der Waals surface area (Å²) in [6.07, 6.45) is 1.82. The van der Waals surface area contributed by atoms with Crippen LogP contribution in [-0.4, -0.2) is 62.9 Å². The normalized spacial score (nSPS) is 16.6. The van der Waals surface area contributed by atoms with Crippen molar-refractivity contribution in [3.05, 3.63) is 29.3 Å². The molecule has 0 spiro atoms. The molecule has 1 aromatic carbocycles. The van der Waals surface area contributed by atoms with E-state index in [9.17, 15) is 0 Å². The van der Waals surface area contributed by atoms with Crippen molar-refractivity contribution in [2.75, 3.05) is 45.9 Å². The van der Waals surface area contributed by atoms with Gasteiger partial charge in [0.25, 0.3) is 0 Å². The van der Waals surface area contributed by atoms with Crippen LogP contribution in [0.3, 0.4) is 0 Å². The summed E-state index contributed by atoms with van der Waals surface area (Å²) in [5, 5.41) is 3.78. The second-order valence-corrected chi connectivity index (χ2v) is 6.45. The Hall–Kier alpha value is -0.770. The van der Waals surface area contributed by atoms with E-state index >= 15 is 0 Å². The highest BCUT2D eigenvalue weighted by atomic mass is 127. The van der Waals surface area contributed by atoms with Gasteiger partial charge in [-0.3, -0.25) is 4.90 Å². The molecule has 6 nitrogen and oxygen atoms in total. The number of nitrogens with zero attached hydrogens (tertiary/aromatic N) is 2. The number of ether oxygens (including phenoxy) is 2. The zero-order valence-corrected chi connectivity index (χ0v) is 18.4. The lowest BCUT2D eigenvalue weighted by molar-refractivity contribution is 0.0376. The van der Waals surface area contributed by atoms with E-state index in [0.717, 1.165) is 52.2 Å². The Bertz CT molecular complexity index is 542. The quantitative estimate of drug-likeness (QED) is 0.238. The van der Waals surface area contributed by atoms with Crippen molar-refractivity contribution in [3.8, 4) is 5.75 Å². The van der Waals surface area contributed by atoms with E-state index in [1.807, 2.05) is 24.3 Å². The Morgan fingerprint density at radius 2 is 2.12 bits per heavy atom. The maximum absolute atomic E-state index is 6.13. The van der Waals surface area contributed by atoms with Crippen LogP contribution in [0, 0.1) is 0 Å². The van der Waals surface area contributed by atoms with Crippen LogP contribution in [0.1, 0.15) is 19.8 Å². The summed E-state index contributed by atoms with van der Waals surface area (Å²) >= 11 is 6.13. The van der Waals surface area contributed by atoms with Crippen LogP contribution in [0.2, 0.25) is 5.02 Å². The van der Waals surface area contributed by atoms with Crippen LogP contribution in [0.4, 0.5) is 0 Å². The molecule has 0 radical (unpaired) electrons. The fourth-order valence-electron chi connectivity index (χ4n) is 2.57. The Morgan fingerprint density at radius 1 is 1.38 bits per heavy atom. The van der Waals surface area contributed by atoms with E-state index in [0.29, 0.717) is 23.3 Å². The Balaban J connectivity index is 0.00000338. The summed E-state index contributed by atoms with van der Waals surface area (Å²) in [5.74, 6) is 1.14. The smallest absolute Gasteiger partial charge is 0.188 e. The zero-order valence-electron chi connectivity index (χ0n) is 15.3. The first kappa shape index (κ1) is 23.3. The number of hydrogen-bond acceptors (Lipinski definition) is 4. The fourth-order valence-corrected chi connectivity index (χ4v) is 2.75. The van der Waals surface area contributed by atoms with Gasteiger partial charge in [0, 0.05) is 19.6 Å². The average Bonchev–Trinajstić information content (AvgIpc) is 2.64. The monoisotopic (exact) mass is 496 g/mol. The summed E-state index contributed by atoms with van der Waals surface area (Å²) in [6.45, 7) is 8.13. The molecule has 1 aliphatic rings. The molecular formula is C18H30ClIN4O2. The molecule has 1 heterocycles. The molecule has 26 heavy (non-hydrogen) atoms. The van der Waals surface area contributed by atoms with Crippen molar-refractivity contribution in [3.63, 3.8) is 0 Å². The van der Waals surface area contributed by atoms with Crippen LogP contribution in [0.5, 0.6) is 5.75 Å². The van der Waals surface area contributed by atoms with Gasteiger partial charge in [-0.15, -0.1) is 24.0 Å². The number of hydrogen-bond donors (Lipinski definition) is 2. The lowest BCUT2D eigenvalue weighted by Gasteiger charge is -2.26. The average molecular weight is 497 g/mol. The van der Waals surface area contributed by atoms with Crippen LogP contribution >= 0.6 is 35.6 Å². The molecule has 0 saturated carbocycles. The molecule has 148 valence electrons. The van der Waals surface area contributed by atoms with Gasteiger partial charge in [0.15, 0.2) is 5.96 Å². The zero-order chi connectivity index (χ0) is 17.9. The van der Waals surface area contributed by atoms with Crippen molar-refractivity contribution in [2.24, 2.45) is 10.7 Å². The number of morpholine rings is 1. The van der Waals surface area contributed by atoms with Gasteiger partial charge >= 0.3 is 0 Å². The Morgan fingerprint density at radius 3 is 2.81 bits per heavy atom. The standard InChI is InChI=1S/C18H29ClN4O2.HI/c1-2-15(25-17-7-4-3-6-16(17)19)14-22-18(20)21-8-5-9-23-10-12-24-13-11-23;/h3-4,6-7,15H,2,5,8-14H2,1H3,(H3,20,21,22);1H. The molecule has 3 N–H and O–H groups in total. The SMILES string of the molecule is CCC(CN=C(N)NCCCN1CCOCC1)Oc1ccccc1Cl.I. The van der Waals surface area contributed by atoms with Gasteiger partial charge in [0.05, 0.1) is 24.8 Å². The predicted octanol–water partition coefficient (Wildman–Crippen LogP) is 2.74. The molecule has 1 fully saturated rings. The minimum Gasteiger partial charge on any atom is -0.487 e. The van der Waals surface area contributed by atoms with E-state index in [2.05, 4.69) is 22.1 Å². The lowest BCUT2D eigenvalue weighted by Crippen LogP contribution is -2.39. The largest absolute Gasteiger partial charge is 0.487 e. The molecule has 1 saturated heterocycles. The Kier molecular flexibility index (Phi) is 12.0. The molecule has 1 aliphatic heterocycles.